The normalized spacial score (nSPS) is 16.6. The van der Waals surface area contributed by atoms with Gasteiger partial charge in [-0.1, -0.05) is 0 Å². The smallest absolute Gasteiger partial charge is 0.246 e. The zero-order valence-corrected chi connectivity index (χ0v) is 18.0. The van der Waals surface area contributed by atoms with Crippen LogP contribution in [0.1, 0.15) is 41.4 Å². The minimum Gasteiger partial charge on any atom is -0.338 e. The Morgan fingerprint density at radius 3 is 2.65 bits per heavy atom. The molecule has 0 radical (unpaired) electrons. The molecule has 3 aromatic rings. The molecule has 160 valence electrons. The van der Waals surface area contributed by atoms with Gasteiger partial charge in [-0.25, -0.2) is 15.0 Å². The topological polar surface area (TPSA) is 102 Å². The van der Waals surface area contributed by atoms with E-state index in [9.17, 15) is 4.79 Å². The van der Waals surface area contributed by atoms with Gasteiger partial charge in [0.1, 0.15) is 0 Å². The molecule has 1 atom stereocenters. The first-order valence-electron chi connectivity index (χ1n) is 10.3. The van der Waals surface area contributed by atoms with E-state index in [-0.39, 0.29) is 11.8 Å². The van der Waals surface area contributed by atoms with E-state index in [1.165, 1.54) is 0 Å². The predicted molar refractivity (Wildman–Crippen MR) is 118 cm³/mol. The van der Waals surface area contributed by atoms with Crippen molar-refractivity contribution in [2.75, 3.05) is 18.4 Å². The molecule has 3 aromatic heterocycles. The minimum atomic E-state index is -0.00264. The van der Waals surface area contributed by atoms with Gasteiger partial charge in [0.25, 0.3) is 0 Å². The molecule has 9 nitrogen and oxygen atoms in total. The number of hydrogen-bond acceptors (Lipinski definition) is 7. The fourth-order valence-electron chi connectivity index (χ4n) is 3.91. The van der Waals surface area contributed by atoms with Crippen molar-refractivity contribution < 1.29 is 4.79 Å². The third kappa shape index (κ3) is 4.60. The number of aromatic nitrogens is 6. The quantitative estimate of drug-likeness (QED) is 0.636. The molecule has 1 saturated heterocycles. The van der Waals surface area contributed by atoms with Crippen LogP contribution in [0.15, 0.2) is 36.9 Å². The minimum absolute atomic E-state index is 0.00264. The number of amides is 1. The van der Waals surface area contributed by atoms with E-state index in [4.69, 9.17) is 0 Å². The number of rotatable bonds is 5. The van der Waals surface area contributed by atoms with Gasteiger partial charge in [0.05, 0.1) is 11.4 Å². The van der Waals surface area contributed by atoms with Crippen LogP contribution in [0.25, 0.3) is 6.08 Å². The van der Waals surface area contributed by atoms with Crippen LogP contribution >= 0.6 is 0 Å². The molecule has 0 bridgehead atoms. The first kappa shape index (κ1) is 20.6. The standard InChI is InChI=1S/C22H26N8O/c1-15-18(16(2)29(3)28-15)7-8-19(31)30-13-4-6-17(14-30)20-21(24-12-11-23-20)27-22-25-9-5-10-26-22/h5,7-12,17H,4,6,13-14H2,1-3H3,(H,24,25,26,27). The van der Waals surface area contributed by atoms with E-state index >= 15 is 0 Å². The summed E-state index contributed by atoms with van der Waals surface area (Å²) in [5.41, 5.74) is 3.78. The lowest BCUT2D eigenvalue weighted by Gasteiger charge is -2.32. The average Bonchev–Trinajstić information content (AvgIpc) is 3.04. The average molecular weight is 419 g/mol. The molecule has 4 heterocycles. The number of carbonyl (C=O) groups excluding carboxylic acids is 1. The van der Waals surface area contributed by atoms with Crippen molar-refractivity contribution >= 4 is 23.7 Å². The highest BCUT2D eigenvalue weighted by Gasteiger charge is 2.27. The van der Waals surface area contributed by atoms with E-state index in [2.05, 4.69) is 30.4 Å². The number of nitrogens with zero attached hydrogens (tertiary/aromatic N) is 7. The summed E-state index contributed by atoms with van der Waals surface area (Å²) in [6, 6.07) is 1.76. The maximum atomic E-state index is 12.9. The van der Waals surface area contributed by atoms with Crippen LogP contribution in [0.3, 0.4) is 0 Å². The second-order valence-electron chi connectivity index (χ2n) is 7.65. The van der Waals surface area contributed by atoms with Crippen LogP contribution in [-0.4, -0.2) is 53.6 Å². The third-order valence-corrected chi connectivity index (χ3v) is 5.60. The first-order valence-corrected chi connectivity index (χ1v) is 10.3. The van der Waals surface area contributed by atoms with E-state index in [1.54, 1.807) is 36.9 Å². The second kappa shape index (κ2) is 9.03. The van der Waals surface area contributed by atoms with Gasteiger partial charge in [0, 0.05) is 68.2 Å². The predicted octanol–water partition coefficient (Wildman–Crippen LogP) is 2.78. The van der Waals surface area contributed by atoms with Crippen molar-refractivity contribution in [3.8, 4) is 0 Å². The Morgan fingerprint density at radius 2 is 1.90 bits per heavy atom. The molecule has 1 aliphatic heterocycles. The van der Waals surface area contributed by atoms with Crippen LogP contribution in [0.2, 0.25) is 0 Å². The first-order chi connectivity index (χ1) is 15.0. The third-order valence-electron chi connectivity index (χ3n) is 5.60. The van der Waals surface area contributed by atoms with Gasteiger partial charge in [-0.15, -0.1) is 0 Å². The zero-order valence-electron chi connectivity index (χ0n) is 18.0. The highest BCUT2D eigenvalue weighted by molar-refractivity contribution is 5.92. The summed E-state index contributed by atoms with van der Waals surface area (Å²) >= 11 is 0. The van der Waals surface area contributed by atoms with Gasteiger partial charge in [-0.2, -0.15) is 5.10 Å². The van der Waals surface area contributed by atoms with Crippen molar-refractivity contribution in [1.82, 2.24) is 34.6 Å². The number of piperidine rings is 1. The Bertz CT molecular complexity index is 1090. The lowest BCUT2D eigenvalue weighted by atomic mass is 9.94. The van der Waals surface area contributed by atoms with Gasteiger partial charge in [0.15, 0.2) is 5.82 Å². The van der Waals surface area contributed by atoms with Crippen molar-refractivity contribution in [2.24, 2.45) is 7.05 Å². The molecule has 0 aromatic carbocycles. The lowest BCUT2D eigenvalue weighted by molar-refractivity contribution is -0.127. The lowest BCUT2D eigenvalue weighted by Crippen LogP contribution is -2.38. The summed E-state index contributed by atoms with van der Waals surface area (Å²) in [6.45, 7) is 5.28. The largest absolute Gasteiger partial charge is 0.338 e. The number of likely N-dealkylation sites (tertiary alicyclic amines) is 1. The summed E-state index contributed by atoms with van der Waals surface area (Å²) in [4.78, 5) is 32.2. The second-order valence-corrected chi connectivity index (χ2v) is 7.65. The van der Waals surface area contributed by atoms with Crippen LogP contribution in [-0.2, 0) is 11.8 Å². The Hall–Kier alpha value is -3.62. The number of nitrogens with one attached hydrogen (secondary N) is 1. The van der Waals surface area contributed by atoms with Gasteiger partial charge in [-0.3, -0.25) is 14.5 Å². The monoisotopic (exact) mass is 418 g/mol. The molecule has 0 spiro atoms. The molecule has 0 saturated carbocycles. The van der Waals surface area contributed by atoms with Crippen molar-refractivity contribution in [3.05, 3.63) is 59.6 Å². The zero-order chi connectivity index (χ0) is 21.8. The van der Waals surface area contributed by atoms with Gasteiger partial charge in [-0.05, 0) is 38.8 Å². The molecule has 9 heteroatoms. The van der Waals surface area contributed by atoms with Crippen molar-refractivity contribution in [2.45, 2.75) is 32.6 Å². The van der Waals surface area contributed by atoms with E-state index in [1.807, 2.05) is 36.6 Å². The Kier molecular flexibility index (Phi) is 6.01. The van der Waals surface area contributed by atoms with Crippen LogP contribution in [0, 0.1) is 13.8 Å². The Labute approximate surface area is 181 Å². The van der Waals surface area contributed by atoms with Crippen LogP contribution in [0.4, 0.5) is 11.8 Å². The molecule has 1 aliphatic rings. The van der Waals surface area contributed by atoms with E-state index < -0.39 is 0 Å². The molecule has 4 rings (SSSR count). The highest BCUT2D eigenvalue weighted by atomic mass is 16.2. The molecule has 1 unspecified atom stereocenters. The van der Waals surface area contributed by atoms with Crippen molar-refractivity contribution in [1.29, 1.82) is 0 Å². The molecule has 31 heavy (non-hydrogen) atoms. The van der Waals surface area contributed by atoms with Gasteiger partial charge in [0.2, 0.25) is 11.9 Å². The molecule has 1 fully saturated rings. The fraction of sp³-hybridized carbons (Fsp3) is 0.364. The van der Waals surface area contributed by atoms with Crippen LogP contribution in [0.5, 0.6) is 0 Å². The van der Waals surface area contributed by atoms with Gasteiger partial charge < -0.3 is 10.2 Å². The summed E-state index contributed by atoms with van der Waals surface area (Å²) in [5, 5.41) is 7.56. The summed E-state index contributed by atoms with van der Waals surface area (Å²) in [6.07, 6.45) is 12.0. The number of hydrogen-bond donors (Lipinski definition) is 1. The number of aryl methyl sites for hydroxylation is 2. The molecular formula is C22H26N8O. The maximum absolute atomic E-state index is 12.9. The SMILES string of the molecule is Cc1nn(C)c(C)c1C=CC(=O)N1CCCC(c2nccnc2Nc2ncccn2)C1. The Morgan fingerprint density at radius 1 is 1.13 bits per heavy atom. The van der Waals surface area contributed by atoms with Crippen LogP contribution < -0.4 is 5.32 Å². The number of carbonyl (C=O) groups is 1. The van der Waals surface area contributed by atoms with Crippen molar-refractivity contribution in [3.63, 3.8) is 0 Å². The maximum Gasteiger partial charge on any atom is 0.246 e. The highest BCUT2D eigenvalue weighted by Crippen LogP contribution is 2.30. The van der Waals surface area contributed by atoms with Gasteiger partial charge >= 0.3 is 0 Å². The summed E-state index contributed by atoms with van der Waals surface area (Å²) < 4.78 is 1.83. The Balaban J connectivity index is 1.49. The summed E-state index contributed by atoms with van der Waals surface area (Å²) in [5.74, 6) is 1.19. The van der Waals surface area contributed by atoms with E-state index in [0.717, 1.165) is 42.0 Å². The molecular weight excluding hydrogens is 392 g/mol. The molecule has 1 amide bonds. The van der Waals surface area contributed by atoms with E-state index in [0.29, 0.717) is 18.3 Å². The summed E-state index contributed by atoms with van der Waals surface area (Å²) in [7, 11) is 1.91. The number of anilines is 2. The molecule has 1 N–H and O–H groups in total. The fourth-order valence-corrected chi connectivity index (χ4v) is 3.91. The molecule has 0 aliphatic carbocycles.